The second-order valence-electron chi connectivity index (χ2n) is 10.0. The number of ether oxygens (including phenoxy) is 2. The van der Waals surface area contributed by atoms with Crippen molar-refractivity contribution in [2.45, 2.75) is 35.0 Å². The average Bonchev–Trinajstić information content (AvgIpc) is 3.00. The summed E-state index contributed by atoms with van der Waals surface area (Å²) in [6, 6.07) is 13.6. The van der Waals surface area contributed by atoms with Crippen molar-refractivity contribution < 1.29 is 63.2 Å². The van der Waals surface area contributed by atoms with E-state index in [1.807, 2.05) is 45.7 Å². The number of thiocarbonyl (C=S) groups is 2. The van der Waals surface area contributed by atoms with Gasteiger partial charge in [-0.1, -0.05) is 6.07 Å². The zero-order valence-electron chi connectivity index (χ0n) is 25.8. The molecule has 2 unspecified atom stereocenters. The molecular formula is C27H29I2MnN7O10S4. The van der Waals surface area contributed by atoms with Crippen LogP contribution in [-0.2, 0) is 69.3 Å². The van der Waals surface area contributed by atoms with Crippen molar-refractivity contribution >= 4 is 124 Å². The first-order valence-corrected chi connectivity index (χ1v) is 19.6. The molecule has 3 rings (SSSR count). The van der Waals surface area contributed by atoms with E-state index in [2.05, 4.69) is 15.6 Å². The summed E-state index contributed by atoms with van der Waals surface area (Å²) in [6.45, 7) is -0.513. The van der Waals surface area contributed by atoms with Gasteiger partial charge < -0.3 is 30.3 Å². The van der Waals surface area contributed by atoms with Crippen LogP contribution in [0.3, 0.4) is 0 Å². The monoisotopic (exact) mass is 1050 g/mol. The molecule has 3 aromatic rings. The number of sulfonamides is 2. The molecule has 0 fully saturated rings. The standard InChI is InChI=1S/C27H29I2N7O10S4.Mn/c28-35(22(24(37)38)14-45-26(47)33-16-4-8-20(9-5-16)49(30,41)42)12-18-2-1-3-19(32-18)13-36(29)23(25(39)40)15-46-27(48)34-17-6-10-21(11-7-17)50(31,43)44;/h1-11,22-23H,12-15H2,(H,33,47)(H,34,48)(H,37,38)(H,39,40)(H2,30,41,42)(H2,31,43,44);. The summed E-state index contributed by atoms with van der Waals surface area (Å²) >= 11 is 14.0. The van der Waals surface area contributed by atoms with E-state index in [9.17, 15) is 36.6 Å². The van der Waals surface area contributed by atoms with Gasteiger partial charge in [0.2, 0.25) is 20.0 Å². The maximum absolute atomic E-state index is 12.1. The molecule has 8 N–H and O–H groups in total. The average molecular weight is 1050 g/mol. The van der Waals surface area contributed by atoms with Crippen LogP contribution in [0.1, 0.15) is 11.4 Å². The number of primary sulfonamides is 2. The molecule has 0 aliphatic carbocycles. The molecule has 1 heterocycles. The first-order valence-electron chi connectivity index (χ1n) is 13.7. The van der Waals surface area contributed by atoms with Crippen molar-refractivity contribution in [1.29, 1.82) is 0 Å². The number of hydrogen-bond acceptors (Lipinski definition) is 13. The van der Waals surface area contributed by atoms with Crippen LogP contribution in [-0.4, -0.2) is 85.8 Å². The molecule has 51 heavy (non-hydrogen) atoms. The van der Waals surface area contributed by atoms with Gasteiger partial charge >= 0.3 is 11.9 Å². The van der Waals surface area contributed by atoms with E-state index < -0.39 is 44.1 Å². The Bertz CT molecular complexity index is 1800. The molecule has 0 amide bonds. The first kappa shape index (κ1) is 44.8. The minimum absolute atomic E-state index is 0. The quantitative estimate of drug-likeness (QED) is 0.0521. The fourth-order valence-corrected chi connectivity index (χ4v) is 6.75. The molecule has 277 valence electrons. The number of nitrogens with one attached hydrogen (secondary N) is 2. The van der Waals surface area contributed by atoms with Crippen LogP contribution >= 0.6 is 70.2 Å². The molecular weight excluding hydrogens is 1020 g/mol. The van der Waals surface area contributed by atoms with Gasteiger partial charge in [0.05, 0.1) is 34.3 Å². The number of carbonyl (C=O) groups is 2. The minimum Gasteiger partial charge on any atom is -0.480 e. The number of pyridine rings is 1. The third-order valence-corrected chi connectivity index (χ3v) is 10.7. The van der Waals surface area contributed by atoms with Crippen molar-refractivity contribution in [2.24, 2.45) is 10.3 Å². The van der Waals surface area contributed by atoms with Crippen molar-refractivity contribution in [1.82, 2.24) is 11.2 Å². The smallest absolute Gasteiger partial charge is 0.325 e. The molecule has 2 atom stereocenters. The Balaban J connectivity index is 0.00000901. The topological polar surface area (TPSA) is 257 Å². The second-order valence-corrected chi connectivity index (χ2v) is 16.4. The van der Waals surface area contributed by atoms with Gasteiger partial charge in [-0.25, -0.2) is 33.3 Å². The van der Waals surface area contributed by atoms with Gasteiger partial charge in [-0.3, -0.25) is 14.6 Å². The van der Waals surface area contributed by atoms with E-state index in [-0.39, 0.29) is 63.5 Å². The molecule has 0 aliphatic heterocycles. The van der Waals surface area contributed by atoms with Crippen molar-refractivity contribution in [3.8, 4) is 0 Å². The molecule has 0 saturated heterocycles. The Labute approximate surface area is 342 Å². The molecule has 0 saturated carbocycles. The molecule has 1 aromatic heterocycles. The number of benzene rings is 2. The molecule has 17 nitrogen and oxygen atoms in total. The Morgan fingerprint density at radius 2 is 1.06 bits per heavy atom. The van der Waals surface area contributed by atoms with Crippen LogP contribution in [0.2, 0.25) is 0 Å². The van der Waals surface area contributed by atoms with Gasteiger partial charge in [0.1, 0.15) is 13.2 Å². The Kier molecular flexibility index (Phi) is 17.7. The SMILES string of the molecule is NS(=O)(=O)c1ccc(NC(=S)OCC(C(=O)O)N(I)Cc2cccc(CN(I)C(COC(=S)Nc3ccc(S(N)(=O)=O)cc3)C(=O)O)n2)cc1.[Mn]. The zero-order chi connectivity index (χ0) is 37.2. The van der Waals surface area contributed by atoms with E-state index in [1.165, 1.54) is 54.8 Å². The van der Waals surface area contributed by atoms with Gasteiger partial charge in [0.15, 0.2) is 12.1 Å². The first-order chi connectivity index (χ1) is 23.3. The minimum atomic E-state index is -3.87. The van der Waals surface area contributed by atoms with E-state index in [4.69, 9.17) is 44.2 Å². The summed E-state index contributed by atoms with van der Waals surface area (Å²) in [5.41, 5.74) is 1.78. The maximum atomic E-state index is 12.1. The molecule has 0 aliphatic rings. The number of nitrogens with zero attached hydrogens (tertiary/aromatic N) is 3. The molecule has 0 spiro atoms. The molecule has 0 bridgehead atoms. The third kappa shape index (κ3) is 14.9. The van der Waals surface area contributed by atoms with Gasteiger partial charge in [-0.2, -0.15) is 0 Å². The number of aliphatic carboxylic acids is 2. The number of rotatable bonds is 16. The van der Waals surface area contributed by atoms with Gasteiger partial charge in [0.25, 0.3) is 10.3 Å². The fourth-order valence-electron chi connectivity index (χ4n) is 3.85. The van der Waals surface area contributed by atoms with Gasteiger partial charge in [0, 0.05) is 74.2 Å². The Hall–Kier alpha value is -2.37. The number of aromatic nitrogens is 1. The number of halogens is 2. The molecule has 2 aromatic carbocycles. The van der Waals surface area contributed by atoms with Crippen LogP contribution in [0.15, 0.2) is 76.5 Å². The van der Waals surface area contributed by atoms with E-state index >= 15 is 0 Å². The second kappa shape index (κ2) is 20.2. The Morgan fingerprint density at radius 1 is 0.725 bits per heavy atom. The Morgan fingerprint density at radius 3 is 1.35 bits per heavy atom. The van der Waals surface area contributed by atoms with Crippen LogP contribution in [0.25, 0.3) is 0 Å². The number of hydrogen-bond donors (Lipinski definition) is 6. The van der Waals surface area contributed by atoms with Crippen LogP contribution in [0.5, 0.6) is 0 Å². The number of nitrogens with two attached hydrogens (primary N) is 2. The molecule has 24 heteroatoms. The third-order valence-electron chi connectivity index (χ3n) is 6.34. The zero-order valence-corrected chi connectivity index (χ0v) is 34.5. The van der Waals surface area contributed by atoms with Gasteiger partial charge in [-0.05, 0) is 85.1 Å². The van der Waals surface area contributed by atoms with E-state index in [0.29, 0.717) is 22.8 Å². The van der Waals surface area contributed by atoms with Crippen molar-refractivity contribution in [3.63, 3.8) is 0 Å². The predicted molar refractivity (Wildman–Crippen MR) is 206 cm³/mol. The largest absolute Gasteiger partial charge is 0.480 e. The summed E-state index contributed by atoms with van der Waals surface area (Å²) in [5.74, 6) is -2.38. The summed E-state index contributed by atoms with van der Waals surface area (Å²) in [4.78, 5) is 28.5. The normalized spacial score (nSPS) is 12.7. The van der Waals surface area contributed by atoms with E-state index in [0.717, 1.165) is 0 Å². The number of carboxylic acids is 2. The summed E-state index contributed by atoms with van der Waals surface area (Å²) in [7, 11) is -7.74. The molecule has 1 radical (unpaired) electrons. The maximum Gasteiger partial charge on any atom is 0.325 e. The van der Waals surface area contributed by atoms with Crippen LogP contribution in [0.4, 0.5) is 11.4 Å². The summed E-state index contributed by atoms with van der Waals surface area (Å²) in [5, 5.41) is 35.0. The summed E-state index contributed by atoms with van der Waals surface area (Å²) in [6.07, 6.45) is 0. The fraction of sp³-hybridized carbons (Fsp3) is 0.222. The summed E-state index contributed by atoms with van der Waals surface area (Å²) < 4.78 is 59.6. The number of carboxylic acid groups (broad SMARTS) is 2. The van der Waals surface area contributed by atoms with Crippen LogP contribution in [0, 0.1) is 0 Å². The van der Waals surface area contributed by atoms with E-state index in [1.54, 1.807) is 18.2 Å². The van der Waals surface area contributed by atoms with Crippen molar-refractivity contribution in [3.05, 3.63) is 78.1 Å². The van der Waals surface area contributed by atoms with Gasteiger partial charge in [-0.15, -0.1) is 0 Å². The van der Waals surface area contributed by atoms with Crippen molar-refractivity contribution in [2.75, 3.05) is 23.8 Å². The van der Waals surface area contributed by atoms with Crippen LogP contribution < -0.4 is 20.9 Å². The predicted octanol–water partition coefficient (Wildman–Crippen LogP) is 2.41. The number of anilines is 2.